The van der Waals surface area contributed by atoms with Gasteiger partial charge in [0.15, 0.2) is 24.5 Å². The Labute approximate surface area is 113 Å². The molecule has 1 N–H and O–H groups in total. The van der Waals surface area contributed by atoms with Crippen LogP contribution in [0.25, 0.3) is 22.2 Å². The molecule has 0 bridgehead atoms. The first kappa shape index (κ1) is 12.1. The molecule has 2 aromatic carbocycles. The molecule has 0 aliphatic carbocycles. The average molecular weight is 267 g/mol. The second-order valence-corrected chi connectivity index (χ2v) is 4.23. The van der Waals surface area contributed by atoms with E-state index in [9.17, 15) is 14.7 Å². The molecule has 0 atom stereocenters. The first-order valence-corrected chi connectivity index (χ1v) is 5.84. The van der Waals surface area contributed by atoms with E-state index in [1.165, 1.54) is 18.5 Å². The predicted molar refractivity (Wildman–Crippen MR) is 71.9 cm³/mol. The number of hydrogen-bond acceptors (Lipinski definition) is 5. The largest absolute Gasteiger partial charge is 0.507 e. The summed E-state index contributed by atoms with van der Waals surface area (Å²) in [5, 5.41) is 9.76. The van der Waals surface area contributed by atoms with Crippen molar-refractivity contribution in [2.45, 2.75) is 0 Å². The van der Waals surface area contributed by atoms with Crippen LogP contribution in [-0.2, 0) is 0 Å². The van der Waals surface area contributed by atoms with E-state index in [1.54, 1.807) is 18.2 Å². The number of aromatic hydroxyl groups is 1. The standard InChI is InChI=1S/C15H9NO4/c17-6-10-1-3-13(19)11(7-18)15(10)9-2-4-14-12(5-9)16-8-20-14/h1-8,19H. The third kappa shape index (κ3) is 1.76. The van der Waals surface area contributed by atoms with E-state index < -0.39 is 0 Å². The van der Waals surface area contributed by atoms with Gasteiger partial charge in [0.1, 0.15) is 11.3 Å². The highest BCUT2D eigenvalue weighted by Gasteiger charge is 2.15. The molecule has 98 valence electrons. The highest BCUT2D eigenvalue weighted by atomic mass is 16.3. The van der Waals surface area contributed by atoms with Gasteiger partial charge in [0.2, 0.25) is 0 Å². The number of carbonyl (C=O) groups is 2. The fraction of sp³-hybridized carbons (Fsp3) is 0. The summed E-state index contributed by atoms with van der Waals surface area (Å²) in [6.07, 6.45) is 2.50. The molecule has 0 saturated heterocycles. The summed E-state index contributed by atoms with van der Waals surface area (Å²) >= 11 is 0. The molecule has 5 nitrogen and oxygen atoms in total. The molecule has 0 amide bonds. The van der Waals surface area contributed by atoms with Gasteiger partial charge in [-0.2, -0.15) is 0 Å². The zero-order valence-electron chi connectivity index (χ0n) is 10.2. The van der Waals surface area contributed by atoms with Crippen LogP contribution in [0.1, 0.15) is 20.7 Å². The molecule has 0 spiro atoms. The van der Waals surface area contributed by atoms with Crippen molar-refractivity contribution < 1.29 is 19.1 Å². The maximum Gasteiger partial charge on any atom is 0.181 e. The highest BCUT2D eigenvalue weighted by Crippen LogP contribution is 2.33. The third-order valence-electron chi connectivity index (χ3n) is 3.12. The van der Waals surface area contributed by atoms with Crippen molar-refractivity contribution in [1.29, 1.82) is 0 Å². The van der Waals surface area contributed by atoms with Crippen molar-refractivity contribution in [2.75, 3.05) is 0 Å². The first-order valence-electron chi connectivity index (χ1n) is 5.84. The number of oxazole rings is 1. The van der Waals surface area contributed by atoms with Crippen LogP contribution in [0.2, 0.25) is 0 Å². The number of nitrogens with zero attached hydrogens (tertiary/aromatic N) is 1. The molecule has 0 fully saturated rings. The fourth-order valence-electron chi connectivity index (χ4n) is 2.18. The van der Waals surface area contributed by atoms with Gasteiger partial charge in [-0.15, -0.1) is 0 Å². The van der Waals surface area contributed by atoms with Gasteiger partial charge in [-0.25, -0.2) is 4.98 Å². The Morgan fingerprint density at radius 3 is 2.70 bits per heavy atom. The van der Waals surface area contributed by atoms with Crippen LogP contribution < -0.4 is 0 Å². The topological polar surface area (TPSA) is 80.4 Å². The van der Waals surface area contributed by atoms with Gasteiger partial charge in [-0.05, 0) is 29.8 Å². The zero-order valence-corrected chi connectivity index (χ0v) is 10.2. The summed E-state index contributed by atoms with van der Waals surface area (Å²) < 4.78 is 5.15. The third-order valence-corrected chi connectivity index (χ3v) is 3.12. The second kappa shape index (κ2) is 4.62. The van der Waals surface area contributed by atoms with Gasteiger partial charge >= 0.3 is 0 Å². The van der Waals surface area contributed by atoms with E-state index in [1.807, 2.05) is 0 Å². The molecule has 3 rings (SSSR count). The molecule has 0 radical (unpaired) electrons. The van der Waals surface area contributed by atoms with Gasteiger partial charge < -0.3 is 9.52 Å². The van der Waals surface area contributed by atoms with Gasteiger partial charge in [-0.3, -0.25) is 9.59 Å². The monoisotopic (exact) mass is 267 g/mol. The summed E-state index contributed by atoms with van der Waals surface area (Å²) in [6, 6.07) is 7.91. The minimum absolute atomic E-state index is 0.0810. The smallest absolute Gasteiger partial charge is 0.181 e. The number of phenolic OH excluding ortho intramolecular Hbond substituents is 1. The van der Waals surface area contributed by atoms with Crippen LogP contribution in [0, 0.1) is 0 Å². The predicted octanol–water partition coefficient (Wildman–Crippen LogP) is 2.83. The average Bonchev–Trinajstić information content (AvgIpc) is 2.94. The van der Waals surface area contributed by atoms with E-state index in [0.29, 0.717) is 40.4 Å². The van der Waals surface area contributed by atoms with E-state index in [-0.39, 0.29) is 11.3 Å². The molecule has 20 heavy (non-hydrogen) atoms. The Balaban J connectivity index is 2.34. The maximum atomic E-state index is 11.2. The molecular weight excluding hydrogens is 258 g/mol. The van der Waals surface area contributed by atoms with Gasteiger partial charge in [0.25, 0.3) is 0 Å². The van der Waals surface area contributed by atoms with Crippen LogP contribution in [0.5, 0.6) is 5.75 Å². The van der Waals surface area contributed by atoms with Crippen LogP contribution in [0.15, 0.2) is 41.1 Å². The molecular formula is C15H9NO4. The van der Waals surface area contributed by atoms with Crippen molar-refractivity contribution in [1.82, 2.24) is 4.98 Å². The molecule has 0 aliphatic heterocycles. The summed E-state index contributed by atoms with van der Waals surface area (Å²) in [5.74, 6) is -0.166. The van der Waals surface area contributed by atoms with E-state index in [4.69, 9.17) is 4.42 Å². The van der Waals surface area contributed by atoms with E-state index in [2.05, 4.69) is 4.98 Å². The Morgan fingerprint density at radius 1 is 1.10 bits per heavy atom. The minimum atomic E-state index is -0.166. The van der Waals surface area contributed by atoms with Gasteiger partial charge in [-0.1, -0.05) is 6.07 Å². The Bertz CT molecular complexity index is 820. The number of rotatable bonds is 3. The lowest BCUT2D eigenvalue weighted by atomic mass is 9.94. The highest BCUT2D eigenvalue weighted by molar-refractivity contribution is 6.00. The lowest BCUT2D eigenvalue weighted by Gasteiger charge is -2.09. The number of phenols is 1. The number of benzene rings is 2. The molecule has 3 aromatic rings. The van der Waals surface area contributed by atoms with Gasteiger partial charge in [0, 0.05) is 11.1 Å². The number of aldehydes is 2. The number of carbonyl (C=O) groups excluding carboxylic acids is 2. The van der Waals surface area contributed by atoms with Crippen molar-refractivity contribution in [3.63, 3.8) is 0 Å². The zero-order chi connectivity index (χ0) is 14.1. The van der Waals surface area contributed by atoms with Crippen molar-refractivity contribution >= 4 is 23.7 Å². The number of aromatic nitrogens is 1. The molecule has 1 heterocycles. The summed E-state index contributed by atoms with van der Waals surface area (Å²) in [5.41, 5.74) is 2.63. The number of fused-ring (bicyclic) bond motifs is 1. The Hall–Kier alpha value is -2.95. The molecule has 0 aliphatic rings. The number of hydrogen-bond donors (Lipinski definition) is 1. The SMILES string of the molecule is O=Cc1ccc(O)c(C=O)c1-c1ccc2ocnc2c1. The van der Waals surface area contributed by atoms with E-state index >= 15 is 0 Å². The summed E-state index contributed by atoms with van der Waals surface area (Å²) in [7, 11) is 0. The van der Waals surface area contributed by atoms with Crippen molar-refractivity contribution in [3.8, 4) is 16.9 Å². The van der Waals surface area contributed by atoms with Crippen molar-refractivity contribution in [3.05, 3.63) is 47.9 Å². The van der Waals surface area contributed by atoms with E-state index in [0.717, 1.165) is 0 Å². The van der Waals surface area contributed by atoms with Crippen LogP contribution in [-0.4, -0.2) is 22.7 Å². The first-order chi connectivity index (χ1) is 9.74. The molecule has 1 aromatic heterocycles. The summed E-state index contributed by atoms with van der Waals surface area (Å²) in [4.78, 5) is 26.4. The Morgan fingerprint density at radius 2 is 1.95 bits per heavy atom. The van der Waals surface area contributed by atoms with Crippen LogP contribution in [0.3, 0.4) is 0 Å². The molecule has 0 unspecified atom stereocenters. The lowest BCUT2D eigenvalue weighted by Crippen LogP contribution is -1.95. The quantitative estimate of drug-likeness (QED) is 0.738. The molecule has 5 heteroatoms. The molecule has 0 saturated carbocycles. The summed E-state index contributed by atoms with van der Waals surface area (Å²) in [6.45, 7) is 0. The normalized spacial score (nSPS) is 10.6. The second-order valence-electron chi connectivity index (χ2n) is 4.23. The van der Waals surface area contributed by atoms with Crippen molar-refractivity contribution in [2.24, 2.45) is 0 Å². The van der Waals surface area contributed by atoms with Gasteiger partial charge in [0.05, 0.1) is 5.56 Å². The Kier molecular flexibility index (Phi) is 2.80. The lowest BCUT2D eigenvalue weighted by molar-refractivity contribution is 0.112. The fourth-order valence-corrected chi connectivity index (χ4v) is 2.18. The van der Waals surface area contributed by atoms with Crippen LogP contribution in [0.4, 0.5) is 0 Å². The maximum absolute atomic E-state index is 11.2. The van der Waals surface area contributed by atoms with Crippen LogP contribution >= 0.6 is 0 Å². The minimum Gasteiger partial charge on any atom is -0.507 e.